The van der Waals surface area contributed by atoms with Gasteiger partial charge in [-0.2, -0.15) is 0 Å². The van der Waals surface area contributed by atoms with Gasteiger partial charge in [0.15, 0.2) is 0 Å². The summed E-state index contributed by atoms with van der Waals surface area (Å²) in [6, 6.07) is 8.01. The smallest absolute Gasteiger partial charge is 0.231 e. The number of benzene rings is 1. The van der Waals surface area contributed by atoms with Crippen LogP contribution in [0.15, 0.2) is 37.0 Å². The molecule has 0 unspecified atom stereocenters. The number of carbonyl (C=O) groups excluding carboxylic acids is 1. The standard InChI is InChI=1S/C12H13NO/c1-2-13-11-8-4-3-6-10(11)7-5-9-12(13)14/h2-4,6,8H,1,5,7,9H2. The molecule has 2 rings (SSSR count). The van der Waals surface area contributed by atoms with Gasteiger partial charge >= 0.3 is 0 Å². The zero-order valence-corrected chi connectivity index (χ0v) is 8.07. The molecule has 0 saturated heterocycles. The van der Waals surface area contributed by atoms with Crippen LogP contribution in [0.25, 0.3) is 0 Å². The van der Waals surface area contributed by atoms with E-state index in [-0.39, 0.29) is 5.91 Å². The molecule has 1 heterocycles. The van der Waals surface area contributed by atoms with E-state index in [9.17, 15) is 4.79 Å². The van der Waals surface area contributed by atoms with Gasteiger partial charge in [-0.05, 0) is 24.5 Å². The lowest BCUT2D eigenvalue weighted by molar-refractivity contribution is -0.118. The molecule has 1 amide bonds. The largest absolute Gasteiger partial charge is 0.288 e. The van der Waals surface area contributed by atoms with Gasteiger partial charge in [-0.1, -0.05) is 24.8 Å². The molecule has 1 aliphatic heterocycles. The summed E-state index contributed by atoms with van der Waals surface area (Å²) in [5, 5.41) is 0. The van der Waals surface area contributed by atoms with Crippen LogP contribution in [0.5, 0.6) is 0 Å². The molecule has 14 heavy (non-hydrogen) atoms. The fourth-order valence-electron chi connectivity index (χ4n) is 1.84. The fourth-order valence-corrected chi connectivity index (χ4v) is 1.84. The number of aryl methyl sites for hydroxylation is 1. The Morgan fingerprint density at radius 3 is 2.86 bits per heavy atom. The maximum atomic E-state index is 11.7. The number of carbonyl (C=O) groups is 1. The van der Waals surface area contributed by atoms with E-state index >= 15 is 0 Å². The summed E-state index contributed by atoms with van der Waals surface area (Å²) in [6.07, 6.45) is 4.12. The SMILES string of the molecule is C=CN1C(=O)CCCc2ccccc21. The molecule has 0 aliphatic carbocycles. The third-order valence-electron chi connectivity index (χ3n) is 2.54. The van der Waals surface area contributed by atoms with Gasteiger partial charge in [0.1, 0.15) is 0 Å². The van der Waals surface area contributed by atoms with E-state index in [0.717, 1.165) is 18.5 Å². The highest BCUT2D eigenvalue weighted by atomic mass is 16.2. The molecule has 1 aromatic carbocycles. The molecule has 0 fully saturated rings. The van der Waals surface area contributed by atoms with Gasteiger partial charge in [0.25, 0.3) is 0 Å². The van der Waals surface area contributed by atoms with Crippen molar-refractivity contribution in [2.75, 3.05) is 4.90 Å². The average Bonchev–Trinajstić information content (AvgIpc) is 2.36. The number of anilines is 1. The van der Waals surface area contributed by atoms with E-state index in [2.05, 4.69) is 12.6 Å². The minimum atomic E-state index is 0.143. The second kappa shape index (κ2) is 3.66. The summed E-state index contributed by atoms with van der Waals surface area (Å²) >= 11 is 0. The van der Waals surface area contributed by atoms with Gasteiger partial charge in [-0.25, -0.2) is 0 Å². The van der Waals surface area contributed by atoms with Crippen molar-refractivity contribution in [1.82, 2.24) is 0 Å². The summed E-state index contributed by atoms with van der Waals surface area (Å²) < 4.78 is 0. The lowest BCUT2D eigenvalue weighted by atomic mass is 10.1. The molecular weight excluding hydrogens is 174 g/mol. The number of hydrogen-bond donors (Lipinski definition) is 0. The number of rotatable bonds is 1. The van der Waals surface area contributed by atoms with Crippen LogP contribution in [0.1, 0.15) is 18.4 Å². The highest BCUT2D eigenvalue weighted by molar-refractivity contribution is 5.96. The van der Waals surface area contributed by atoms with Crippen molar-refractivity contribution in [3.8, 4) is 0 Å². The monoisotopic (exact) mass is 187 g/mol. The third-order valence-corrected chi connectivity index (χ3v) is 2.54. The highest BCUT2D eigenvalue weighted by Gasteiger charge is 2.18. The first-order valence-electron chi connectivity index (χ1n) is 4.85. The Kier molecular flexibility index (Phi) is 2.35. The summed E-state index contributed by atoms with van der Waals surface area (Å²) in [7, 11) is 0. The predicted octanol–water partition coefficient (Wildman–Crippen LogP) is 2.50. The van der Waals surface area contributed by atoms with Crippen molar-refractivity contribution in [1.29, 1.82) is 0 Å². The Labute approximate surface area is 83.8 Å². The predicted molar refractivity (Wildman–Crippen MR) is 57.1 cm³/mol. The van der Waals surface area contributed by atoms with E-state index in [1.165, 1.54) is 5.56 Å². The van der Waals surface area contributed by atoms with Crippen molar-refractivity contribution >= 4 is 11.6 Å². The minimum Gasteiger partial charge on any atom is -0.288 e. The molecule has 0 radical (unpaired) electrons. The fraction of sp³-hybridized carbons (Fsp3) is 0.250. The Balaban J connectivity index is 2.49. The highest BCUT2D eigenvalue weighted by Crippen LogP contribution is 2.26. The average molecular weight is 187 g/mol. The molecule has 0 saturated carbocycles. The van der Waals surface area contributed by atoms with E-state index in [4.69, 9.17) is 0 Å². The van der Waals surface area contributed by atoms with Crippen molar-refractivity contribution in [3.05, 3.63) is 42.6 Å². The summed E-state index contributed by atoms with van der Waals surface area (Å²) in [5.41, 5.74) is 2.23. The van der Waals surface area contributed by atoms with Crippen LogP contribution in [-0.2, 0) is 11.2 Å². The topological polar surface area (TPSA) is 20.3 Å². The molecule has 2 nitrogen and oxygen atoms in total. The van der Waals surface area contributed by atoms with Crippen LogP contribution < -0.4 is 4.90 Å². The molecule has 1 aromatic rings. The zero-order valence-electron chi connectivity index (χ0n) is 8.07. The maximum absolute atomic E-state index is 11.7. The molecule has 72 valence electrons. The van der Waals surface area contributed by atoms with Crippen molar-refractivity contribution in [2.24, 2.45) is 0 Å². The van der Waals surface area contributed by atoms with E-state index in [1.54, 1.807) is 11.1 Å². The van der Waals surface area contributed by atoms with Crippen LogP contribution in [0.4, 0.5) is 5.69 Å². The number of para-hydroxylation sites is 1. The third kappa shape index (κ3) is 1.43. The number of amides is 1. The van der Waals surface area contributed by atoms with Crippen molar-refractivity contribution < 1.29 is 4.79 Å². The summed E-state index contributed by atoms with van der Waals surface area (Å²) in [4.78, 5) is 13.3. The van der Waals surface area contributed by atoms with E-state index in [0.29, 0.717) is 6.42 Å². The van der Waals surface area contributed by atoms with Gasteiger partial charge in [0.05, 0.1) is 5.69 Å². The van der Waals surface area contributed by atoms with Crippen molar-refractivity contribution in [3.63, 3.8) is 0 Å². The lowest BCUT2D eigenvalue weighted by Gasteiger charge is -2.17. The molecule has 0 N–H and O–H groups in total. The van der Waals surface area contributed by atoms with Gasteiger partial charge in [-0.3, -0.25) is 9.69 Å². The Morgan fingerprint density at radius 1 is 1.29 bits per heavy atom. The summed E-state index contributed by atoms with van der Waals surface area (Å²) in [6.45, 7) is 3.68. The first kappa shape index (κ1) is 9.00. The van der Waals surface area contributed by atoms with E-state index < -0.39 is 0 Å². The van der Waals surface area contributed by atoms with Crippen LogP contribution >= 0.6 is 0 Å². The first-order chi connectivity index (χ1) is 6.83. The molecule has 0 bridgehead atoms. The Hall–Kier alpha value is -1.57. The number of hydrogen-bond acceptors (Lipinski definition) is 1. The minimum absolute atomic E-state index is 0.143. The first-order valence-corrected chi connectivity index (χ1v) is 4.85. The molecule has 0 atom stereocenters. The van der Waals surface area contributed by atoms with Crippen LogP contribution in [0.3, 0.4) is 0 Å². The maximum Gasteiger partial charge on any atom is 0.231 e. The second-order valence-corrected chi connectivity index (χ2v) is 3.43. The molecule has 0 aromatic heterocycles. The summed E-state index contributed by atoms with van der Waals surface area (Å²) in [5.74, 6) is 0.143. The quantitative estimate of drug-likeness (QED) is 0.661. The van der Waals surface area contributed by atoms with Gasteiger partial charge in [0.2, 0.25) is 5.91 Å². The molecule has 1 aliphatic rings. The van der Waals surface area contributed by atoms with Crippen LogP contribution in [-0.4, -0.2) is 5.91 Å². The second-order valence-electron chi connectivity index (χ2n) is 3.43. The molecule has 0 spiro atoms. The zero-order chi connectivity index (χ0) is 9.97. The Bertz CT molecular complexity index is 370. The lowest BCUT2D eigenvalue weighted by Crippen LogP contribution is -2.23. The van der Waals surface area contributed by atoms with Gasteiger partial charge < -0.3 is 0 Å². The van der Waals surface area contributed by atoms with Crippen molar-refractivity contribution in [2.45, 2.75) is 19.3 Å². The number of nitrogens with zero attached hydrogens (tertiary/aromatic N) is 1. The normalized spacial score (nSPS) is 16.0. The van der Waals surface area contributed by atoms with Crippen LogP contribution in [0.2, 0.25) is 0 Å². The van der Waals surface area contributed by atoms with Crippen LogP contribution in [0, 0.1) is 0 Å². The molecule has 2 heteroatoms. The number of fused-ring (bicyclic) bond motifs is 1. The van der Waals surface area contributed by atoms with Gasteiger partial charge in [-0.15, -0.1) is 0 Å². The van der Waals surface area contributed by atoms with Gasteiger partial charge in [0, 0.05) is 12.6 Å². The molecular formula is C12H13NO. The Morgan fingerprint density at radius 2 is 2.07 bits per heavy atom. The van der Waals surface area contributed by atoms with E-state index in [1.807, 2.05) is 18.2 Å².